The fourth-order valence-electron chi connectivity index (χ4n) is 2.19. The first kappa shape index (κ1) is 13.7. The van der Waals surface area contributed by atoms with Crippen LogP contribution in [-0.2, 0) is 5.33 Å². The highest BCUT2D eigenvalue weighted by atomic mass is 79.9. The van der Waals surface area contributed by atoms with Crippen LogP contribution in [-0.4, -0.2) is 0 Å². The third-order valence-corrected chi connectivity index (χ3v) is 3.91. The summed E-state index contributed by atoms with van der Waals surface area (Å²) in [7, 11) is 0. The molecule has 0 aliphatic rings. The van der Waals surface area contributed by atoms with Gasteiger partial charge in [0.2, 0.25) is 0 Å². The van der Waals surface area contributed by atoms with Crippen LogP contribution in [0.1, 0.15) is 11.1 Å². The Morgan fingerprint density at radius 3 is 2.52 bits per heavy atom. The van der Waals surface area contributed by atoms with Crippen molar-refractivity contribution < 1.29 is 4.74 Å². The molecule has 3 aromatic rings. The monoisotopic (exact) mass is 337 g/mol. The van der Waals surface area contributed by atoms with Crippen LogP contribution >= 0.6 is 15.9 Å². The van der Waals surface area contributed by atoms with E-state index in [1.165, 1.54) is 5.39 Å². The minimum Gasteiger partial charge on any atom is -0.456 e. The summed E-state index contributed by atoms with van der Waals surface area (Å²) in [6, 6.07) is 21.8. The second kappa shape index (κ2) is 5.99. The van der Waals surface area contributed by atoms with E-state index in [0.717, 1.165) is 22.0 Å². The molecule has 0 bridgehead atoms. The minimum atomic E-state index is 0.542. The van der Waals surface area contributed by atoms with Crippen molar-refractivity contribution in [2.45, 2.75) is 5.33 Å². The number of rotatable bonds is 3. The average Bonchev–Trinajstić information content (AvgIpc) is 2.55. The molecule has 0 atom stereocenters. The Morgan fingerprint density at radius 1 is 0.952 bits per heavy atom. The molecule has 0 radical (unpaired) electrons. The second-order valence-corrected chi connectivity index (χ2v) is 5.25. The van der Waals surface area contributed by atoms with Crippen LogP contribution in [0.5, 0.6) is 11.5 Å². The highest BCUT2D eigenvalue weighted by Crippen LogP contribution is 2.28. The van der Waals surface area contributed by atoms with Crippen molar-refractivity contribution in [3.63, 3.8) is 0 Å². The zero-order valence-corrected chi connectivity index (χ0v) is 12.8. The van der Waals surface area contributed by atoms with Crippen LogP contribution in [0.4, 0.5) is 0 Å². The molecule has 0 aliphatic heterocycles. The molecule has 0 saturated carbocycles. The maximum absolute atomic E-state index is 9.24. The van der Waals surface area contributed by atoms with E-state index in [1.807, 2.05) is 54.6 Å². The molecule has 0 spiro atoms. The molecule has 3 aromatic carbocycles. The lowest BCUT2D eigenvalue weighted by atomic mass is 10.1. The van der Waals surface area contributed by atoms with Crippen LogP contribution in [0.15, 0.2) is 60.7 Å². The van der Waals surface area contributed by atoms with Gasteiger partial charge in [0, 0.05) is 5.33 Å². The number of nitrogens with zero attached hydrogens (tertiary/aromatic N) is 1. The molecule has 2 nitrogen and oxygen atoms in total. The van der Waals surface area contributed by atoms with Crippen molar-refractivity contribution in [3.8, 4) is 17.6 Å². The molecule has 0 N–H and O–H groups in total. The van der Waals surface area contributed by atoms with Crippen molar-refractivity contribution in [3.05, 3.63) is 71.8 Å². The highest BCUT2D eigenvalue weighted by Gasteiger charge is 2.06. The third-order valence-electron chi connectivity index (χ3n) is 3.27. The summed E-state index contributed by atoms with van der Waals surface area (Å²) in [5.41, 5.74) is 1.59. The van der Waals surface area contributed by atoms with Gasteiger partial charge < -0.3 is 4.74 Å². The number of fused-ring (bicyclic) bond motifs is 1. The zero-order valence-electron chi connectivity index (χ0n) is 11.2. The zero-order chi connectivity index (χ0) is 14.7. The topological polar surface area (TPSA) is 33.0 Å². The first-order valence-electron chi connectivity index (χ1n) is 6.56. The lowest BCUT2D eigenvalue weighted by Gasteiger charge is -2.09. The van der Waals surface area contributed by atoms with Crippen LogP contribution < -0.4 is 4.74 Å². The fraction of sp³-hybridized carbons (Fsp3) is 0.0556. The van der Waals surface area contributed by atoms with Gasteiger partial charge in [-0.15, -0.1) is 0 Å². The molecule has 102 valence electrons. The summed E-state index contributed by atoms with van der Waals surface area (Å²) in [5, 5.41) is 12.2. The lowest BCUT2D eigenvalue weighted by molar-refractivity contribution is 0.481. The van der Waals surface area contributed by atoms with Crippen molar-refractivity contribution in [1.29, 1.82) is 5.26 Å². The van der Waals surface area contributed by atoms with Gasteiger partial charge in [0.05, 0.1) is 5.56 Å². The van der Waals surface area contributed by atoms with Crippen molar-refractivity contribution in [2.24, 2.45) is 0 Å². The number of hydrogen-bond donors (Lipinski definition) is 0. The number of alkyl halides is 1. The largest absolute Gasteiger partial charge is 0.456 e. The maximum Gasteiger partial charge on any atom is 0.145 e. The Labute approximate surface area is 131 Å². The van der Waals surface area contributed by atoms with E-state index >= 15 is 0 Å². The number of benzene rings is 3. The minimum absolute atomic E-state index is 0.542. The smallest absolute Gasteiger partial charge is 0.145 e. The van der Waals surface area contributed by atoms with Gasteiger partial charge in [-0.25, -0.2) is 0 Å². The quantitative estimate of drug-likeness (QED) is 0.599. The summed E-state index contributed by atoms with van der Waals surface area (Å²) in [6.45, 7) is 0. The third kappa shape index (κ3) is 2.91. The van der Waals surface area contributed by atoms with E-state index in [1.54, 1.807) is 0 Å². The molecule has 0 heterocycles. The number of ether oxygens (including phenoxy) is 1. The van der Waals surface area contributed by atoms with Gasteiger partial charge >= 0.3 is 0 Å². The first-order chi connectivity index (χ1) is 10.3. The highest BCUT2D eigenvalue weighted by molar-refractivity contribution is 9.08. The summed E-state index contributed by atoms with van der Waals surface area (Å²) in [5.74, 6) is 1.31. The Kier molecular flexibility index (Phi) is 3.89. The fourth-order valence-corrected chi connectivity index (χ4v) is 2.54. The van der Waals surface area contributed by atoms with Gasteiger partial charge in [-0.1, -0.05) is 52.3 Å². The Bertz CT molecular complexity index is 836. The van der Waals surface area contributed by atoms with E-state index in [-0.39, 0.29) is 0 Å². The van der Waals surface area contributed by atoms with Crippen LogP contribution in [0, 0.1) is 11.3 Å². The lowest BCUT2D eigenvalue weighted by Crippen LogP contribution is -1.90. The predicted octanol–water partition coefficient (Wildman–Crippen LogP) is 5.40. The number of hydrogen-bond acceptors (Lipinski definition) is 2. The Balaban J connectivity index is 1.96. The average molecular weight is 338 g/mol. The van der Waals surface area contributed by atoms with Gasteiger partial charge in [0.25, 0.3) is 0 Å². The molecule has 0 aromatic heterocycles. The standard InChI is InChI=1S/C18H12BrNO/c19-11-13-5-8-18(16(9-13)12-20)21-17-7-6-14-3-1-2-4-15(14)10-17/h1-10H,11H2. The van der Waals surface area contributed by atoms with Gasteiger partial charge in [-0.3, -0.25) is 0 Å². The molecule has 0 fully saturated rings. The molecular weight excluding hydrogens is 326 g/mol. The Morgan fingerprint density at radius 2 is 1.76 bits per heavy atom. The van der Waals surface area contributed by atoms with Gasteiger partial charge in [0.15, 0.2) is 0 Å². The second-order valence-electron chi connectivity index (χ2n) is 4.69. The number of halogens is 1. The summed E-state index contributed by atoms with van der Waals surface area (Å²) in [4.78, 5) is 0. The van der Waals surface area contributed by atoms with Crippen LogP contribution in [0.25, 0.3) is 10.8 Å². The van der Waals surface area contributed by atoms with Crippen molar-refractivity contribution in [1.82, 2.24) is 0 Å². The molecule has 0 aliphatic carbocycles. The number of nitriles is 1. The van der Waals surface area contributed by atoms with E-state index in [2.05, 4.69) is 28.1 Å². The van der Waals surface area contributed by atoms with Gasteiger partial charge in [-0.05, 0) is 40.6 Å². The van der Waals surface area contributed by atoms with E-state index in [9.17, 15) is 5.26 Å². The molecule has 3 rings (SSSR count). The predicted molar refractivity (Wildman–Crippen MR) is 87.8 cm³/mol. The molecule has 0 saturated heterocycles. The van der Waals surface area contributed by atoms with E-state index in [4.69, 9.17) is 4.74 Å². The van der Waals surface area contributed by atoms with Gasteiger partial charge in [-0.2, -0.15) is 5.26 Å². The molecule has 0 unspecified atom stereocenters. The first-order valence-corrected chi connectivity index (χ1v) is 7.68. The SMILES string of the molecule is N#Cc1cc(CBr)ccc1Oc1ccc2ccccc2c1. The molecular formula is C18H12BrNO. The molecule has 3 heteroatoms. The van der Waals surface area contributed by atoms with Crippen molar-refractivity contribution in [2.75, 3.05) is 0 Å². The Hall–Kier alpha value is -2.31. The summed E-state index contributed by atoms with van der Waals surface area (Å²) in [6.07, 6.45) is 0. The normalized spacial score (nSPS) is 10.3. The van der Waals surface area contributed by atoms with Crippen molar-refractivity contribution >= 4 is 26.7 Å². The molecule has 0 amide bonds. The van der Waals surface area contributed by atoms with Crippen LogP contribution in [0.3, 0.4) is 0 Å². The summed E-state index contributed by atoms with van der Waals surface area (Å²) < 4.78 is 5.87. The van der Waals surface area contributed by atoms with Gasteiger partial charge in [0.1, 0.15) is 17.6 Å². The van der Waals surface area contributed by atoms with E-state index < -0.39 is 0 Å². The maximum atomic E-state index is 9.24. The molecule has 21 heavy (non-hydrogen) atoms. The van der Waals surface area contributed by atoms with Crippen LogP contribution in [0.2, 0.25) is 0 Å². The van der Waals surface area contributed by atoms with E-state index in [0.29, 0.717) is 11.3 Å². The summed E-state index contributed by atoms with van der Waals surface area (Å²) >= 11 is 3.39.